The van der Waals surface area contributed by atoms with E-state index in [1.165, 1.54) is 18.2 Å². The number of sulfonamides is 1. The molecule has 0 aliphatic carbocycles. The van der Waals surface area contributed by atoms with E-state index in [1.807, 2.05) is 0 Å². The van der Waals surface area contributed by atoms with Crippen LogP contribution in [0.25, 0.3) is 0 Å². The van der Waals surface area contributed by atoms with Crippen molar-refractivity contribution in [1.29, 1.82) is 0 Å². The van der Waals surface area contributed by atoms with E-state index in [-0.39, 0.29) is 37.1 Å². The highest BCUT2D eigenvalue weighted by Gasteiger charge is 2.30. The Balaban J connectivity index is 1.68. The van der Waals surface area contributed by atoms with Gasteiger partial charge in [-0.2, -0.15) is 13.2 Å². The fourth-order valence-electron chi connectivity index (χ4n) is 2.67. The second kappa shape index (κ2) is 10.3. The third-order valence-electron chi connectivity index (χ3n) is 4.24. The van der Waals surface area contributed by atoms with Crippen LogP contribution in [0.4, 0.5) is 24.5 Å². The average molecular weight is 554 g/mol. The Kier molecular flexibility index (Phi) is 7.87. The van der Waals surface area contributed by atoms with Crippen LogP contribution in [0.1, 0.15) is 5.56 Å². The van der Waals surface area contributed by atoms with E-state index in [0.29, 0.717) is 6.07 Å². The minimum atomic E-state index is -4.63. The van der Waals surface area contributed by atoms with Gasteiger partial charge >= 0.3 is 6.18 Å². The van der Waals surface area contributed by atoms with Crippen LogP contribution in [0.2, 0.25) is 15.1 Å². The van der Waals surface area contributed by atoms with Crippen molar-refractivity contribution in [2.75, 3.05) is 16.6 Å². The van der Waals surface area contributed by atoms with E-state index in [4.69, 9.17) is 39.5 Å². The summed E-state index contributed by atoms with van der Waals surface area (Å²) in [5.74, 6) is -0.574. The lowest BCUT2D eigenvalue weighted by Crippen LogP contribution is -2.20. The Morgan fingerprint density at radius 3 is 2.32 bits per heavy atom. The highest BCUT2D eigenvalue weighted by Crippen LogP contribution is 2.33. The summed E-state index contributed by atoms with van der Waals surface area (Å²) in [6.45, 7) is -0.475. The first-order valence-electron chi connectivity index (χ1n) is 9.23. The molecule has 0 atom stereocenters. The maximum Gasteiger partial charge on any atom is 0.416 e. The lowest BCUT2D eigenvalue weighted by Gasteiger charge is -2.13. The highest BCUT2D eigenvalue weighted by atomic mass is 35.5. The summed E-state index contributed by atoms with van der Waals surface area (Å²) in [7, 11) is -4.26. The third kappa shape index (κ3) is 6.47. The fourth-order valence-corrected chi connectivity index (χ4v) is 4.39. The number of halogens is 6. The summed E-state index contributed by atoms with van der Waals surface area (Å²) < 4.78 is 71.1. The maximum atomic E-state index is 12.9. The lowest BCUT2D eigenvalue weighted by atomic mass is 10.2. The van der Waals surface area contributed by atoms with Crippen LogP contribution in [0, 0.1) is 0 Å². The summed E-state index contributed by atoms with van der Waals surface area (Å²) in [5.41, 5.74) is -1.01. The van der Waals surface area contributed by atoms with Gasteiger partial charge in [-0.25, -0.2) is 8.42 Å². The summed E-state index contributed by atoms with van der Waals surface area (Å²) >= 11 is 18.0. The highest BCUT2D eigenvalue weighted by molar-refractivity contribution is 7.92. The smallest absolute Gasteiger partial charge is 0.416 e. The molecule has 0 fully saturated rings. The molecule has 0 radical (unpaired) electrons. The van der Waals surface area contributed by atoms with E-state index in [0.717, 1.165) is 24.3 Å². The van der Waals surface area contributed by atoms with E-state index in [9.17, 15) is 26.4 Å². The van der Waals surface area contributed by atoms with Crippen LogP contribution in [-0.4, -0.2) is 20.9 Å². The van der Waals surface area contributed by atoms with Crippen molar-refractivity contribution in [3.05, 3.63) is 81.3 Å². The molecule has 180 valence electrons. The Labute approximate surface area is 207 Å². The molecular weight excluding hydrogens is 540 g/mol. The first kappa shape index (κ1) is 26.0. The van der Waals surface area contributed by atoms with Crippen molar-refractivity contribution in [2.24, 2.45) is 0 Å². The number of amides is 1. The predicted octanol–water partition coefficient (Wildman–Crippen LogP) is 6.48. The minimum absolute atomic E-state index is 0.00651. The molecule has 13 heteroatoms. The molecular formula is C21H14Cl3F3N2O4S. The van der Waals surface area contributed by atoms with Gasteiger partial charge in [0, 0.05) is 5.69 Å². The molecule has 0 aromatic heterocycles. The minimum Gasteiger partial charge on any atom is -0.482 e. The number of anilines is 2. The standard InChI is InChI=1S/C21H14Cl3F3N2O4S/c22-15-5-2-6-17(20(15)24)28-19(30)11-33-18-8-7-14(10-16(18)23)34(31,32)29-13-4-1-3-12(9-13)21(25,26)27/h1-10,29H,11H2,(H,28,30). The number of carbonyl (C=O) groups is 1. The van der Waals surface area contributed by atoms with Crippen molar-refractivity contribution >= 4 is 62.1 Å². The van der Waals surface area contributed by atoms with E-state index >= 15 is 0 Å². The quantitative estimate of drug-likeness (QED) is 0.351. The molecule has 2 N–H and O–H groups in total. The Bertz CT molecular complexity index is 1340. The van der Waals surface area contributed by atoms with Gasteiger partial charge in [0.15, 0.2) is 6.61 Å². The number of alkyl halides is 3. The van der Waals surface area contributed by atoms with Crippen LogP contribution >= 0.6 is 34.8 Å². The van der Waals surface area contributed by atoms with E-state index in [2.05, 4.69) is 10.0 Å². The van der Waals surface area contributed by atoms with E-state index in [1.54, 1.807) is 12.1 Å². The number of carbonyl (C=O) groups excluding carboxylic acids is 1. The second-order valence-corrected chi connectivity index (χ2v) is 9.59. The lowest BCUT2D eigenvalue weighted by molar-refractivity contribution is -0.137. The zero-order chi connectivity index (χ0) is 25.1. The summed E-state index contributed by atoms with van der Waals surface area (Å²) in [4.78, 5) is 11.8. The zero-order valence-corrected chi connectivity index (χ0v) is 19.9. The summed E-state index contributed by atoms with van der Waals surface area (Å²) in [6.07, 6.45) is -4.63. The Morgan fingerprint density at radius 2 is 1.65 bits per heavy atom. The number of ether oxygens (including phenoxy) is 1. The number of rotatable bonds is 7. The van der Waals surface area contributed by atoms with Gasteiger partial charge in [0.05, 0.1) is 31.2 Å². The van der Waals surface area contributed by atoms with Crippen LogP contribution in [-0.2, 0) is 21.0 Å². The normalized spacial score (nSPS) is 11.7. The van der Waals surface area contributed by atoms with Crippen LogP contribution in [0.5, 0.6) is 5.75 Å². The molecule has 0 bridgehead atoms. The molecule has 6 nitrogen and oxygen atoms in total. The molecule has 0 unspecified atom stereocenters. The van der Waals surface area contributed by atoms with E-state index < -0.39 is 34.3 Å². The van der Waals surface area contributed by atoms with Crippen molar-refractivity contribution in [2.45, 2.75) is 11.1 Å². The predicted molar refractivity (Wildman–Crippen MR) is 124 cm³/mol. The molecule has 34 heavy (non-hydrogen) atoms. The van der Waals surface area contributed by atoms with Gasteiger partial charge < -0.3 is 10.1 Å². The third-order valence-corrected chi connectivity index (χ3v) is 6.73. The SMILES string of the molecule is O=C(COc1ccc(S(=O)(=O)Nc2cccc(C(F)(F)F)c2)cc1Cl)Nc1cccc(Cl)c1Cl. The Morgan fingerprint density at radius 1 is 0.941 bits per heavy atom. The van der Waals surface area contributed by atoms with Crippen LogP contribution in [0.15, 0.2) is 65.6 Å². The van der Waals surface area contributed by atoms with Crippen molar-refractivity contribution in [3.63, 3.8) is 0 Å². The molecule has 3 aromatic carbocycles. The monoisotopic (exact) mass is 552 g/mol. The van der Waals surface area contributed by atoms with Crippen molar-refractivity contribution < 1.29 is 31.1 Å². The fraction of sp³-hybridized carbons (Fsp3) is 0.0952. The van der Waals surface area contributed by atoms with Gasteiger partial charge in [0.25, 0.3) is 15.9 Å². The molecule has 0 aliphatic rings. The number of hydrogen-bond donors (Lipinski definition) is 2. The number of nitrogens with one attached hydrogen (secondary N) is 2. The zero-order valence-electron chi connectivity index (χ0n) is 16.8. The Hall–Kier alpha value is -2.66. The molecule has 3 aromatic rings. The molecule has 1 amide bonds. The summed E-state index contributed by atoms with van der Waals surface area (Å²) in [6, 6.07) is 11.8. The summed E-state index contributed by atoms with van der Waals surface area (Å²) in [5, 5.41) is 2.77. The van der Waals surface area contributed by atoms with Gasteiger partial charge in [-0.1, -0.05) is 46.9 Å². The van der Waals surface area contributed by atoms with Gasteiger partial charge in [0.1, 0.15) is 5.75 Å². The first-order chi connectivity index (χ1) is 15.9. The van der Waals surface area contributed by atoms with Crippen molar-refractivity contribution in [3.8, 4) is 5.75 Å². The van der Waals surface area contributed by atoms with Gasteiger partial charge in [-0.05, 0) is 48.5 Å². The van der Waals surface area contributed by atoms with Gasteiger partial charge in [-0.15, -0.1) is 0 Å². The van der Waals surface area contributed by atoms with Crippen LogP contribution in [0.3, 0.4) is 0 Å². The van der Waals surface area contributed by atoms with Gasteiger partial charge in [-0.3, -0.25) is 9.52 Å². The molecule has 3 rings (SSSR count). The number of benzene rings is 3. The molecule has 0 heterocycles. The molecule has 0 saturated carbocycles. The first-order valence-corrected chi connectivity index (χ1v) is 11.8. The topological polar surface area (TPSA) is 84.5 Å². The maximum absolute atomic E-state index is 12.9. The van der Waals surface area contributed by atoms with Crippen LogP contribution < -0.4 is 14.8 Å². The molecule has 0 spiro atoms. The molecule has 0 aliphatic heterocycles. The largest absolute Gasteiger partial charge is 0.482 e. The van der Waals surface area contributed by atoms with Crippen molar-refractivity contribution in [1.82, 2.24) is 0 Å². The van der Waals surface area contributed by atoms with Gasteiger partial charge in [0.2, 0.25) is 0 Å². The average Bonchev–Trinajstić information content (AvgIpc) is 2.75. The molecule has 0 saturated heterocycles. The number of hydrogen-bond acceptors (Lipinski definition) is 4. The second-order valence-electron chi connectivity index (χ2n) is 6.71.